The monoisotopic (exact) mass is 566 g/mol. The number of aliphatic hydroxyl groups excluding tert-OH is 1. The van der Waals surface area contributed by atoms with Crippen LogP contribution in [0.15, 0.2) is 46.1 Å². The summed E-state index contributed by atoms with van der Waals surface area (Å²) in [7, 11) is -4.11. The smallest absolute Gasteiger partial charge is 0.429 e. The van der Waals surface area contributed by atoms with Crippen molar-refractivity contribution in [2.45, 2.75) is 44.2 Å². The summed E-state index contributed by atoms with van der Waals surface area (Å²) in [5.41, 5.74) is -1.27. The first kappa shape index (κ1) is 22.8. The van der Waals surface area contributed by atoms with Gasteiger partial charge >= 0.3 is 13.9 Å². The van der Waals surface area contributed by atoms with Crippen LogP contribution in [0.1, 0.15) is 20.1 Å². The van der Waals surface area contributed by atoms with Gasteiger partial charge in [-0.3, -0.25) is 18.9 Å². The van der Waals surface area contributed by atoms with E-state index < -0.39 is 49.7 Å². The van der Waals surface area contributed by atoms with Crippen molar-refractivity contribution in [3.63, 3.8) is 0 Å². The molecule has 1 aromatic heterocycles. The maximum Gasteiger partial charge on any atom is 0.429 e. The average molecular weight is 566 g/mol. The van der Waals surface area contributed by atoms with E-state index in [4.69, 9.17) is 23.0 Å². The first-order valence-corrected chi connectivity index (χ1v) is 11.8. The predicted molar refractivity (Wildman–Crippen MR) is 114 cm³/mol. The molecule has 0 radical (unpaired) electrons. The van der Waals surface area contributed by atoms with E-state index in [9.17, 15) is 19.6 Å². The number of para-hydroxylation sites is 1. The second-order valence-electron chi connectivity index (χ2n) is 7.42. The molecule has 2 aromatic rings. The minimum Gasteiger partial charge on any atom is -0.598 e. The molecule has 0 saturated carbocycles. The largest absolute Gasteiger partial charge is 0.598 e. The number of aromatic nitrogens is 2. The van der Waals surface area contributed by atoms with Gasteiger partial charge in [0.25, 0.3) is 5.56 Å². The second-order valence-corrected chi connectivity index (χ2v) is 10.1. The summed E-state index contributed by atoms with van der Waals surface area (Å²) in [6, 6.07) is 8.30. The van der Waals surface area contributed by atoms with Crippen molar-refractivity contribution >= 4 is 30.8 Å². The molecule has 0 spiro atoms. The molecule has 0 aliphatic carbocycles. The molecule has 31 heavy (non-hydrogen) atoms. The fourth-order valence-electron chi connectivity index (χ4n) is 3.32. The summed E-state index contributed by atoms with van der Waals surface area (Å²) in [4.78, 5) is 39.5. The molecule has 11 nitrogen and oxygen atoms in total. The fraction of sp³-hybridized carbons (Fsp3) is 0.444. The third-order valence-corrected chi connectivity index (χ3v) is 6.79. The van der Waals surface area contributed by atoms with Crippen LogP contribution in [0.3, 0.4) is 0 Å². The summed E-state index contributed by atoms with van der Waals surface area (Å²) in [5, 5.41) is 10.5. The summed E-state index contributed by atoms with van der Waals surface area (Å²) in [5.74, 6) is -0.907. The molecule has 0 amide bonds. The van der Waals surface area contributed by atoms with Gasteiger partial charge in [0, 0.05) is 6.20 Å². The van der Waals surface area contributed by atoms with Crippen LogP contribution in [-0.4, -0.2) is 45.4 Å². The molecule has 2 aliphatic rings. The molecule has 4 rings (SSSR count). The highest BCUT2D eigenvalue weighted by molar-refractivity contribution is 14.1. The van der Waals surface area contributed by atoms with Crippen molar-refractivity contribution in [1.29, 1.82) is 0 Å². The summed E-state index contributed by atoms with van der Waals surface area (Å²) >= 11 is 1.78. The Labute approximate surface area is 190 Å². The minimum atomic E-state index is -4.11. The number of hydrogen-bond acceptors (Lipinski definition) is 9. The number of phosphoric ester groups is 1. The maximum absolute atomic E-state index is 13.1. The van der Waals surface area contributed by atoms with Gasteiger partial charge in [-0.15, -0.1) is 0 Å². The van der Waals surface area contributed by atoms with Gasteiger partial charge in [-0.05, 0) is 48.6 Å². The molecule has 168 valence electrons. The van der Waals surface area contributed by atoms with Gasteiger partial charge in [-0.1, -0.05) is 18.2 Å². The molecule has 1 unspecified atom stereocenters. The van der Waals surface area contributed by atoms with Crippen molar-refractivity contribution in [1.82, 2.24) is 9.55 Å². The van der Waals surface area contributed by atoms with E-state index in [1.54, 1.807) is 66.8 Å². The number of hydrogen-bond donors (Lipinski definition) is 2. The van der Waals surface area contributed by atoms with Crippen LogP contribution in [0.2, 0.25) is 0 Å². The summed E-state index contributed by atoms with van der Waals surface area (Å²) < 4.78 is 29.3. The number of phosphoric acid groups is 1. The van der Waals surface area contributed by atoms with Crippen molar-refractivity contribution in [2.75, 3.05) is 6.61 Å². The molecule has 13 heteroatoms. The van der Waals surface area contributed by atoms with Crippen molar-refractivity contribution in [3.8, 4) is 5.75 Å². The number of H-pyrrole nitrogens is 1. The van der Waals surface area contributed by atoms with Crippen LogP contribution >= 0.6 is 30.8 Å². The normalized spacial score (nSPS) is 32.7. The molecular weight excluding hydrogens is 546 g/mol. The Morgan fingerprint density at radius 1 is 1.26 bits per heavy atom. The number of aromatic amines is 1. The number of benzene rings is 1. The van der Waals surface area contributed by atoms with Gasteiger partial charge in [0.2, 0.25) is 0 Å². The first-order valence-electron chi connectivity index (χ1n) is 9.29. The molecule has 0 bridgehead atoms. The van der Waals surface area contributed by atoms with Gasteiger partial charge < -0.3 is 19.5 Å². The minimum absolute atomic E-state index is 0.246. The van der Waals surface area contributed by atoms with Crippen LogP contribution in [0.4, 0.5) is 0 Å². The summed E-state index contributed by atoms with van der Waals surface area (Å²) in [6.45, 7) is 2.89. The Kier molecular flexibility index (Phi) is 6.27. The molecule has 2 fully saturated rings. The molecule has 5 atom stereocenters. The lowest BCUT2D eigenvalue weighted by molar-refractivity contribution is -0.270. The Bertz CT molecular complexity index is 1060. The van der Waals surface area contributed by atoms with E-state index in [0.717, 1.165) is 4.57 Å². The Morgan fingerprint density at radius 3 is 2.68 bits per heavy atom. The van der Waals surface area contributed by atoms with Gasteiger partial charge in [-0.25, -0.2) is 4.79 Å². The second kappa shape index (κ2) is 8.52. The predicted octanol–water partition coefficient (Wildman–Crippen LogP) is 0.684. The first-order chi connectivity index (χ1) is 14.6. The van der Waals surface area contributed by atoms with Crippen LogP contribution in [0.25, 0.3) is 0 Å². The number of ether oxygens (including phenoxy) is 2. The quantitative estimate of drug-likeness (QED) is 0.404. The number of rotatable bonds is 4. The number of nitrogens with zero attached hydrogens (tertiary/aromatic N) is 1. The molecular formula is C18H20IN2O9P. The third-order valence-electron chi connectivity index (χ3n) is 4.62. The van der Waals surface area contributed by atoms with Gasteiger partial charge in [0.05, 0.1) is 3.57 Å². The highest BCUT2D eigenvalue weighted by Crippen LogP contribution is 2.58. The Balaban J connectivity index is 1.65. The topological polar surface area (TPSA) is 144 Å². The van der Waals surface area contributed by atoms with Gasteiger partial charge in [-0.2, -0.15) is 9.05 Å². The van der Waals surface area contributed by atoms with E-state index in [0.29, 0.717) is 0 Å². The highest BCUT2D eigenvalue weighted by Gasteiger charge is 2.56. The fourth-order valence-corrected chi connectivity index (χ4v) is 5.18. The van der Waals surface area contributed by atoms with Crippen molar-refractivity contribution in [3.05, 3.63) is 60.9 Å². The maximum atomic E-state index is 13.1. The molecule has 3 heterocycles. The molecule has 2 N–H and O–H groups in total. The van der Waals surface area contributed by atoms with E-state index in [2.05, 4.69) is 4.98 Å². The van der Waals surface area contributed by atoms with E-state index in [1.807, 2.05) is 0 Å². The van der Waals surface area contributed by atoms with Gasteiger partial charge in [0.1, 0.15) is 18.8 Å². The van der Waals surface area contributed by atoms with Crippen LogP contribution in [0.5, 0.6) is 5.75 Å². The standard InChI is InChI=1S/C18H20IN2O9P/c1-18(2)27-14(16(28-18)21-8-11(19)15(23)20-17(21)24)13-12(22)9-26-31(25,30-13)29-10-6-4-3-5-7-10/h3-8,12-14,16,22H,9H2,1-2H3,(H,20,23,24)/t12-,13-,14-,16+,31?/m1/s1. The van der Waals surface area contributed by atoms with Crippen LogP contribution in [-0.2, 0) is 18.5 Å². The van der Waals surface area contributed by atoms with Crippen LogP contribution < -0.4 is 20.7 Å². The lowest BCUT2D eigenvalue weighted by Gasteiger charge is -2.38. The number of halogens is 1. The highest BCUT2D eigenvalue weighted by atomic mass is 127. The lowest BCUT2D eigenvalue weighted by Crippen LogP contribution is -2.51. The molecule has 2 saturated heterocycles. The molecule has 1 aromatic carbocycles. The van der Waals surface area contributed by atoms with E-state index in [-0.39, 0.29) is 15.9 Å². The average Bonchev–Trinajstić information content (AvgIpc) is 3.02. The third kappa shape index (κ3) is 4.86. The van der Waals surface area contributed by atoms with E-state index in [1.165, 1.54) is 6.20 Å². The number of nitrogens with one attached hydrogen (secondary N) is 1. The Hall–Kier alpha value is -1.38. The summed E-state index contributed by atoms with van der Waals surface area (Å²) in [6.07, 6.45) is -3.30. The lowest BCUT2D eigenvalue weighted by atomic mass is 10.1. The zero-order chi connectivity index (χ0) is 22.4. The van der Waals surface area contributed by atoms with E-state index >= 15 is 0 Å². The van der Waals surface area contributed by atoms with Crippen LogP contribution in [0, 0.1) is 3.57 Å². The zero-order valence-corrected chi connectivity index (χ0v) is 19.5. The Morgan fingerprint density at radius 2 is 1.97 bits per heavy atom. The SMILES string of the molecule is CC1(C)O[C@H]([C@@H]2O[P+]([O-])(Oc3ccccc3)OC[C@H]2O)[C@@H](n2cc(I)c(=O)[nH]c2=O)O1. The van der Waals surface area contributed by atoms with Gasteiger partial charge in [0.15, 0.2) is 23.9 Å². The zero-order valence-electron chi connectivity index (χ0n) is 16.5. The number of aliphatic hydroxyl groups is 1. The van der Waals surface area contributed by atoms with Crippen molar-refractivity contribution < 1.29 is 33.0 Å². The van der Waals surface area contributed by atoms with Crippen molar-refractivity contribution in [2.24, 2.45) is 0 Å². The molecule has 2 aliphatic heterocycles.